The number of benzene rings is 1. The highest BCUT2D eigenvalue weighted by atomic mass is 32.2. The Balaban J connectivity index is 1.61. The van der Waals surface area contributed by atoms with Crippen LogP contribution in [0, 0.1) is 0 Å². The number of rotatable bonds is 4. The van der Waals surface area contributed by atoms with Crippen LogP contribution in [0.25, 0.3) is 11.4 Å². The number of carbonyl (C=O) groups is 1. The van der Waals surface area contributed by atoms with E-state index in [0.29, 0.717) is 23.8 Å². The maximum absolute atomic E-state index is 13.1. The Morgan fingerprint density at radius 1 is 1.23 bits per heavy atom. The van der Waals surface area contributed by atoms with E-state index in [1.807, 2.05) is 47.6 Å². The van der Waals surface area contributed by atoms with Gasteiger partial charge < -0.3 is 9.42 Å². The van der Waals surface area contributed by atoms with Crippen molar-refractivity contribution in [3.05, 3.63) is 60.1 Å². The summed E-state index contributed by atoms with van der Waals surface area (Å²) in [5, 5.41) is 4.83. The highest BCUT2D eigenvalue weighted by Crippen LogP contribution is 2.34. The summed E-state index contributed by atoms with van der Waals surface area (Å²) in [4.78, 5) is 23.7. The molecule has 26 heavy (non-hydrogen) atoms. The van der Waals surface area contributed by atoms with Crippen molar-refractivity contribution in [2.24, 2.45) is 0 Å². The largest absolute Gasteiger partial charge is 0.337 e. The maximum Gasteiger partial charge on any atom is 0.257 e. The summed E-state index contributed by atoms with van der Waals surface area (Å²) in [6, 6.07) is 13.1. The lowest BCUT2D eigenvalue weighted by Gasteiger charge is -2.22. The van der Waals surface area contributed by atoms with Gasteiger partial charge in [-0.1, -0.05) is 35.5 Å². The molecule has 0 spiro atoms. The van der Waals surface area contributed by atoms with E-state index in [2.05, 4.69) is 15.1 Å². The molecule has 3 heterocycles. The summed E-state index contributed by atoms with van der Waals surface area (Å²) in [5.74, 6) is 1.000. The number of thioether (sulfide) groups is 1. The van der Waals surface area contributed by atoms with Crippen LogP contribution in [-0.4, -0.2) is 38.7 Å². The molecule has 1 fully saturated rings. The van der Waals surface area contributed by atoms with Crippen molar-refractivity contribution in [3.63, 3.8) is 0 Å². The number of pyridine rings is 1. The fourth-order valence-electron chi connectivity index (χ4n) is 3.21. The summed E-state index contributed by atoms with van der Waals surface area (Å²) in [6.45, 7) is 0.676. The van der Waals surface area contributed by atoms with Crippen molar-refractivity contribution in [2.45, 2.75) is 23.9 Å². The van der Waals surface area contributed by atoms with E-state index in [9.17, 15) is 4.79 Å². The molecular weight excluding hydrogens is 348 g/mol. The minimum Gasteiger partial charge on any atom is -0.337 e. The van der Waals surface area contributed by atoms with Gasteiger partial charge in [-0.25, -0.2) is 4.98 Å². The van der Waals surface area contributed by atoms with Gasteiger partial charge in [0.15, 0.2) is 0 Å². The van der Waals surface area contributed by atoms with Gasteiger partial charge >= 0.3 is 0 Å². The average molecular weight is 366 g/mol. The van der Waals surface area contributed by atoms with E-state index in [1.165, 1.54) is 11.8 Å². The second-order valence-corrected chi connectivity index (χ2v) is 6.83. The quantitative estimate of drug-likeness (QED) is 0.654. The van der Waals surface area contributed by atoms with E-state index < -0.39 is 0 Å². The molecule has 4 rings (SSSR count). The summed E-state index contributed by atoms with van der Waals surface area (Å²) in [6.07, 6.45) is 5.35. The number of likely N-dealkylation sites (tertiary alicyclic amines) is 1. The molecule has 1 saturated heterocycles. The van der Waals surface area contributed by atoms with Crippen LogP contribution in [0.3, 0.4) is 0 Å². The fraction of sp³-hybridized carbons (Fsp3) is 0.263. The average Bonchev–Trinajstić information content (AvgIpc) is 3.37. The third-order valence-electron chi connectivity index (χ3n) is 4.47. The Morgan fingerprint density at radius 3 is 2.88 bits per heavy atom. The third-order valence-corrected chi connectivity index (χ3v) is 5.18. The van der Waals surface area contributed by atoms with E-state index >= 15 is 0 Å². The number of aromatic nitrogens is 3. The van der Waals surface area contributed by atoms with Gasteiger partial charge in [0.25, 0.3) is 5.91 Å². The molecule has 7 heteroatoms. The van der Waals surface area contributed by atoms with Crippen LogP contribution in [0.15, 0.2) is 58.2 Å². The Kier molecular flexibility index (Phi) is 4.71. The maximum atomic E-state index is 13.1. The molecular formula is C19H18N4O2S. The lowest BCUT2D eigenvalue weighted by molar-refractivity contribution is 0.0705. The first-order chi connectivity index (χ1) is 12.8. The molecule has 6 nitrogen and oxygen atoms in total. The predicted molar refractivity (Wildman–Crippen MR) is 98.8 cm³/mol. The molecule has 1 aliphatic heterocycles. The molecule has 0 bridgehead atoms. The number of amides is 1. The van der Waals surface area contributed by atoms with E-state index in [-0.39, 0.29) is 11.9 Å². The van der Waals surface area contributed by atoms with Crippen LogP contribution in [0.1, 0.15) is 35.1 Å². The van der Waals surface area contributed by atoms with Crippen LogP contribution in [0.2, 0.25) is 0 Å². The van der Waals surface area contributed by atoms with Gasteiger partial charge in [-0.05, 0) is 31.2 Å². The van der Waals surface area contributed by atoms with Crippen LogP contribution in [0.4, 0.5) is 0 Å². The van der Waals surface area contributed by atoms with Crippen molar-refractivity contribution in [1.82, 2.24) is 20.0 Å². The SMILES string of the molecule is CSc1ncccc1C(=O)N1CCCC1c1nc(-c2ccccc2)no1. The first-order valence-corrected chi connectivity index (χ1v) is 9.69. The monoisotopic (exact) mass is 366 g/mol. The first kappa shape index (κ1) is 16.8. The molecule has 0 saturated carbocycles. The molecule has 132 valence electrons. The van der Waals surface area contributed by atoms with Crippen molar-refractivity contribution < 1.29 is 9.32 Å². The van der Waals surface area contributed by atoms with Gasteiger partial charge in [0.05, 0.1) is 5.56 Å². The summed E-state index contributed by atoms with van der Waals surface area (Å²) in [5.41, 5.74) is 1.52. The van der Waals surface area contributed by atoms with E-state index in [1.54, 1.807) is 12.3 Å². The smallest absolute Gasteiger partial charge is 0.257 e. The second kappa shape index (κ2) is 7.29. The number of hydrogen-bond acceptors (Lipinski definition) is 6. The van der Waals surface area contributed by atoms with Gasteiger partial charge in [0.2, 0.25) is 11.7 Å². The Hall–Kier alpha value is -2.67. The molecule has 1 unspecified atom stereocenters. The van der Waals surface area contributed by atoms with Crippen molar-refractivity contribution >= 4 is 17.7 Å². The minimum atomic E-state index is -0.192. The molecule has 1 atom stereocenters. The summed E-state index contributed by atoms with van der Waals surface area (Å²) in [7, 11) is 0. The normalized spacial score (nSPS) is 16.8. The molecule has 1 amide bonds. The fourth-order valence-corrected chi connectivity index (χ4v) is 3.75. The van der Waals surface area contributed by atoms with Gasteiger partial charge in [0, 0.05) is 18.3 Å². The zero-order valence-corrected chi connectivity index (χ0v) is 15.1. The highest BCUT2D eigenvalue weighted by molar-refractivity contribution is 7.98. The van der Waals surface area contributed by atoms with Crippen molar-refractivity contribution in [2.75, 3.05) is 12.8 Å². The highest BCUT2D eigenvalue weighted by Gasteiger charge is 2.35. The van der Waals surface area contributed by atoms with Crippen LogP contribution >= 0.6 is 11.8 Å². The molecule has 1 aliphatic rings. The minimum absolute atomic E-state index is 0.0376. The van der Waals surface area contributed by atoms with Crippen LogP contribution in [-0.2, 0) is 0 Å². The van der Waals surface area contributed by atoms with Gasteiger partial charge in [0.1, 0.15) is 11.1 Å². The number of hydrogen-bond donors (Lipinski definition) is 0. The van der Waals surface area contributed by atoms with Gasteiger partial charge in [-0.2, -0.15) is 4.98 Å². The van der Waals surface area contributed by atoms with Crippen LogP contribution in [0.5, 0.6) is 0 Å². The molecule has 0 N–H and O–H groups in total. The number of nitrogens with zero attached hydrogens (tertiary/aromatic N) is 4. The van der Waals surface area contributed by atoms with Crippen molar-refractivity contribution in [1.29, 1.82) is 0 Å². The van der Waals surface area contributed by atoms with Gasteiger partial charge in [-0.15, -0.1) is 11.8 Å². The topological polar surface area (TPSA) is 72.1 Å². The summed E-state index contributed by atoms with van der Waals surface area (Å²) >= 11 is 1.47. The van der Waals surface area contributed by atoms with E-state index in [4.69, 9.17) is 4.52 Å². The van der Waals surface area contributed by atoms with E-state index in [0.717, 1.165) is 23.4 Å². The Bertz CT molecular complexity index is 913. The standard InChI is InChI=1S/C19H18N4O2S/c1-26-18-14(9-5-11-20-18)19(24)23-12-6-10-15(23)17-21-16(22-25-17)13-7-3-2-4-8-13/h2-5,7-9,11,15H,6,10,12H2,1H3. The number of carbonyl (C=O) groups excluding carboxylic acids is 1. The Morgan fingerprint density at radius 2 is 2.08 bits per heavy atom. The zero-order valence-electron chi connectivity index (χ0n) is 14.3. The van der Waals surface area contributed by atoms with Crippen LogP contribution < -0.4 is 0 Å². The molecule has 3 aromatic rings. The predicted octanol–water partition coefficient (Wildman–Crippen LogP) is 3.83. The van der Waals surface area contributed by atoms with Crippen molar-refractivity contribution in [3.8, 4) is 11.4 Å². The molecule has 2 aromatic heterocycles. The molecule has 1 aromatic carbocycles. The first-order valence-electron chi connectivity index (χ1n) is 8.47. The Labute approximate surface area is 155 Å². The zero-order chi connectivity index (χ0) is 17.9. The van der Waals surface area contributed by atoms with Gasteiger partial charge in [-0.3, -0.25) is 4.79 Å². The lowest BCUT2D eigenvalue weighted by atomic mass is 10.2. The third kappa shape index (κ3) is 3.10. The molecule has 0 radical (unpaired) electrons. The lowest BCUT2D eigenvalue weighted by Crippen LogP contribution is -2.31. The second-order valence-electron chi connectivity index (χ2n) is 6.04. The summed E-state index contributed by atoms with van der Waals surface area (Å²) < 4.78 is 5.50. The molecule has 0 aliphatic carbocycles.